The molecule has 0 aliphatic carbocycles. The summed E-state index contributed by atoms with van der Waals surface area (Å²) in [4.78, 5) is 0. The van der Waals surface area contributed by atoms with E-state index in [2.05, 4.69) is 29.2 Å². The molecule has 1 saturated heterocycles. The van der Waals surface area contributed by atoms with E-state index in [1.165, 1.54) is 0 Å². The third-order valence-corrected chi connectivity index (χ3v) is 3.86. The van der Waals surface area contributed by atoms with Crippen LogP contribution in [0.25, 0.3) is 0 Å². The van der Waals surface area contributed by atoms with Crippen molar-refractivity contribution in [3.63, 3.8) is 0 Å². The third-order valence-electron chi connectivity index (χ3n) is 3.86. The van der Waals surface area contributed by atoms with Gasteiger partial charge in [-0.2, -0.15) is 8.78 Å². The van der Waals surface area contributed by atoms with Gasteiger partial charge >= 0.3 is 6.61 Å². The number of para-hydroxylation sites is 1. The molecule has 2 N–H and O–H groups in total. The van der Waals surface area contributed by atoms with E-state index in [4.69, 9.17) is 0 Å². The number of hydrogen-bond acceptors (Lipinski definition) is 3. The zero-order valence-electron chi connectivity index (χ0n) is 12.0. The van der Waals surface area contributed by atoms with Crippen LogP contribution in [0.15, 0.2) is 24.3 Å². The fourth-order valence-corrected chi connectivity index (χ4v) is 2.64. The van der Waals surface area contributed by atoms with Crippen molar-refractivity contribution in [1.82, 2.24) is 10.6 Å². The molecule has 1 aromatic rings. The first kappa shape index (κ1) is 15.2. The van der Waals surface area contributed by atoms with Crippen LogP contribution in [0, 0.1) is 5.41 Å². The number of ether oxygens (including phenoxy) is 1. The van der Waals surface area contributed by atoms with Crippen LogP contribution in [0.5, 0.6) is 5.75 Å². The first-order valence-electron chi connectivity index (χ1n) is 6.96. The minimum Gasteiger partial charge on any atom is -0.434 e. The van der Waals surface area contributed by atoms with E-state index in [-0.39, 0.29) is 11.2 Å². The van der Waals surface area contributed by atoms with Crippen LogP contribution in [0.3, 0.4) is 0 Å². The average molecular weight is 284 g/mol. The van der Waals surface area contributed by atoms with E-state index in [1.807, 2.05) is 12.1 Å². The van der Waals surface area contributed by atoms with Crippen LogP contribution >= 0.6 is 0 Å². The molecule has 20 heavy (non-hydrogen) atoms. The maximum atomic E-state index is 12.4. The van der Waals surface area contributed by atoms with Gasteiger partial charge < -0.3 is 15.4 Å². The number of hydrogen-bond donors (Lipinski definition) is 2. The maximum Gasteiger partial charge on any atom is 0.387 e. The van der Waals surface area contributed by atoms with Crippen molar-refractivity contribution in [2.24, 2.45) is 5.41 Å². The van der Waals surface area contributed by atoms with Gasteiger partial charge in [-0.3, -0.25) is 0 Å². The second kappa shape index (κ2) is 6.50. The van der Waals surface area contributed by atoms with Crippen LogP contribution in [-0.4, -0.2) is 25.7 Å². The summed E-state index contributed by atoms with van der Waals surface area (Å²) >= 11 is 0. The fourth-order valence-electron chi connectivity index (χ4n) is 2.64. The van der Waals surface area contributed by atoms with Gasteiger partial charge in [-0.25, -0.2) is 0 Å². The molecule has 0 aromatic heterocycles. The minimum absolute atomic E-state index is 0.150. The van der Waals surface area contributed by atoms with Crippen LogP contribution in [0.2, 0.25) is 0 Å². The lowest BCUT2D eigenvalue weighted by molar-refractivity contribution is -0.0505. The number of alkyl halides is 2. The number of nitrogens with one attached hydrogen (secondary N) is 2. The molecule has 0 amide bonds. The molecular formula is C15H22F2N2O. The van der Waals surface area contributed by atoms with Crippen molar-refractivity contribution in [2.75, 3.05) is 13.1 Å². The Balaban J connectivity index is 2.00. The highest BCUT2D eigenvalue weighted by atomic mass is 19.3. The van der Waals surface area contributed by atoms with Gasteiger partial charge in [0.1, 0.15) is 5.75 Å². The van der Waals surface area contributed by atoms with Gasteiger partial charge in [-0.15, -0.1) is 0 Å². The molecule has 112 valence electrons. The first-order chi connectivity index (χ1) is 9.49. The van der Waals surface area contributed by atoms with E-state index in [9.17, 15) is 8.78 Å². The van der Waals surface area contributed by atoms with Gasteiger partial charge in [0.05, 0.1) is 0 Å². The molecule has 2 rings (SSSR count). The first-order valence-corrected chi connectivity index (χ1v) is 6.96. The topological polar surface area (TPSA) is 33.3 Å². The lowest BCUT2D eigenvalue weighted by atomic mass is 9.80. The average Bonchev–Trinajstić information content (AvgIpc) is 2.38. The van der Waals surface area contributed by atoms with Crippen LogP contribution in [-0.2, 0) is 6.54 Å². The predicted molar refractivity (Wildman–Crippen MR) is 75.0 cm³/mol. The number of rotatable bonds is 5. The summed E-state index contributed by atoms with van der Waals surface area (Å²) in [5.74, 6) is 0.252. The van der Waals surface area contributed by atoms with Crippen molar-refractivity contribution < 1.29 is 13.5 Å². The summed E-state index contributed by atoms with van der Waals surface area (Å²) in [5.41, 5.74) is 0.915. The SMILES string of the molecule is CC1(C)CNCCC1NCc1ccccc1OC(F)F. The number of benzene rings is 1. The minimum atomic E-state index is -2.79. The van der Waals surface area contributed by atoms with Crippen LogP contribution < -0.4 is 15.4 Å². The van der Waals surface area contributed by atoms with E-state index in [0.29, 0.717) is 12.6 Å². The Labute approximate surface area is 118 Å². The molecule has 1 fully saturated rings. The largest absolute Gasteiger partial charge is 0.434 e. The summed E-state index contributed by atoms with van der Waals surface area (Å²) in [7, 11) is 0. The van der Waals surface area contributed by atoms with Gasteiger partial charge in [0.15, 0.2) is 0 Å². The Bertz CT molecular complexity index is 438. The molecule has 1 unspecified atom stereocenters. The molecular weight excluding hydrogens is 262 g/mol. The van der Waals surface area contributed by atoms with Crippen molar-refractivity contribution in [3.8, 4) is 5.75 Å². The Morgan fingerprint density at radius 1 is 1.40 bits per heavy atom. The molecule has 5 heteroatoms. The standard InChI is InChI=1S/C15H22F2N2O/c1-15(2)10-18-8-7-13(15)19-9-11-5-3-4-6-12(11)20-14(16)17/h3-6,13-14,18-19H,7-10H2,1-2H3. The summed E-state index contributed by atoms with van der Waals surface area (Å²) in [5, 5.41) is 6.85. The molecule has 0 radical (unpaired) electrons. The zero-order chi connectivity index (χ0) is 14.6. The van der Waals surface area contributed by atoms with Gasteiger partial charge in [0, 0.05) is 24.7 Å². The second-order valence-electron chi connectivity index (χ2n) is 5.87. The maximum absolute atomic E-state index is 12.4. The lowest BCUT2D eigenvalue weighted by Gasteiger charge is -2.39. The smallest absolute Gasteiger partial charge is 0.387 e. The molecule has 1 aliphatic heterocycles. The number of piperidine rings is 1. The Morgan fingerprint density at radius 3 is 2.85 bits per heavy atom. The van der Waals surface area contributed by atoms with Gasteiger partial charge in [-0.05, 0) is 24.4 Å². The summed E-state index contributed by atoms with van der Waals surface area (Å²) < 4.78 is 29.3. The van der Waals surface area contributed by atoms with Crippen molar-refractivity contribution >= 4 is 0 Å². The van der Waals surface area contributed by atoms with Crippen molar-refractivity contribution in [1.29, 1.82) is 0 Å². The molecule has 0 spiro atoms. The van der Waals surface area contributed by atoms with Crippen molar-refractivity contribution in [2.45, 2.75) is 39.5 Å². The number of halogens is 2. The lowest BCUT2D eigenvalue weighted by Crippen LogP contribution is -2.52. The van der Waals surface area contributed by atoms with Gasteiger partial charge in [0.25, 0.3) is 0 Å². The molecule has 0 saturated carbocycles. The summed E-state index contributed by atoms with van der Waals surface area (Å²) in [6, 6.07) is 7.30. The molecule has 0 bridgehead atoms. The van der Waals surface area contributed by atoms with E-state index >= 15 is 0 Å². The Hall–Kier alpha value is -1.20. The highest BCUT2D eigenvalue weighted by molar-refractivity contribution is 5.33. The predicted octanol–water partition coefficient (Wildman–Crippen LogP) is 2.77. The third kappa shape index (κ3) is 3.90. The molecule has 1 aliphatic rings. The fraction of sp³-hybridized carbons (Fsp3) is 0.600. The van der Waals surface area contributed by atoms with E-state index < -0.39 is 6.61 Å². The molecule has 1 atom stereocenters. The van der Waals surface area contributed by atoms with Crippen molar-refractivity contribution in [3.05, 3.63) is 29.8 Å². The zero-order valence-corrected chi connectivity index (χ0v) is 12.0. The van der Waals surface area contributed by atoms with E-state index in [0.717, 1.165) is 25.1 Å². The summed E-state index contributed by atoms with van der Waals surface area (Å²) in [6.07, 6.45) is 1.03. The van der Waals surface area contributed by atoms with E-state index in [1.54, 1.807) is 12.1 Å². The van der Waals surface area contributed by atoms with Gasteiger partial charge in [-0.1, -0.05) is 32.0 Å². The highest BCUT2D eigenvalue weighted by Crippen LogP contribution is 2.26. The second-order valence-corrected chi connectivity index (χ2v) is 5.87. The normalized spacial score (nSPS) is 21.9. The Kier molecular flexibility index (Phi) is 4.94. The van der Waals surface area contributed by atoms with Gasteiger partial charge in [0.2, 0.25) is 0 Å². The van der Waals surface area contributed by atoms with Crippen LogP contribution in [0.1, 0.15) is 25.8 Å². The monoisotopic (exact) mass is 284 g/mol. The molecule has 1 aromatic carbocycles. The molecule has 3 nitrogen and oxygen atoms in total. The van der Waals surface area contributed by atoms with Crippen LogP contribution in [0.4, 0.5) is 8.78 Å². The highest BCUT2D eigenvalue weighted by Gasteiger charge is 2.31. The summed E-state index contributed by atoms with van der Waals surface area (Å²) in [6.45, 7) is 4.11. The Morgan fingerprint density at radius 2 is 2.15 bits per heavy atom. The molecule has 1 heterocycles. The quantitative estimate of drug-likeness (QED) is 0.872.